The van der Waals surface area contributed by atoms with Crippen molar-refractivity contribution in [2.24, 2.45) is 5.73 Å². The van der Waals surface area contributed by atoms with Crippen LogP contribution < -0.4 is 11.5 Å². The van der Waals surface area contributed by atoms with Crippen molar-refractivity contribution in [3.8, 4) is 0 Å². The van der Waals surface area contributed by atoms with E-state index in [1.54, 1.807) is 11.8 Å². The number of nitrogen functional groups attached to an aromatic ring is 1. The molecule has 0 amide bonds. The molecule has 0 aliphatic carbocycles. The van der Waals surface area contributed by atoms with Crippen molar-refractivity contribution < 1.29 is 0 Å². The number of anilines is 1. The van der Waals surface area contributed by atoms with Crippen LogP contribution >= 0.6 is 11.8 Å². The van der Waals surface area contributed by atoms with Crippen molar-refractivity contribution in [3.05, 3.63) is 59.7 Å². The maximum Gasteiger partial charge on any atom is 0.0358 e. The molecule has 2 rings (SSSR count). The van der Waals surface area contributed by atoms with Gasteiger partial charge in [0, 0.05) is 22.9 Å². The van der Waals surface area contributed by atoms with Crippen LogP contribution in [0, 0.1) is 0 Å². The molecular weight excluding hydrogens is 276 g/mol. The third-order valence-corrected chi connectivity index (χ3v) is 3.64. The minimum absolute atomic E-state index is 0.538. The van der Waals surface area contributed by atoms with Gasteiger partial charge in [0.25, 0.3) is 0 Å². The summed E-state index contributed by atoms with van der Waals surface area (Å²) < 4.78 is 0. The zero-order valence-corrected chi connectivity index (χ0v) is 14.4. The first-order valence-electron chi connectivity index (χ1n) is 7.55. The van der Waals surface area contributed by atoms with E-state index in [2.05, 4.69) is 18.2 Å². The summed E-state index contributed by atoms with van der Waals surface area (Å²) in [7, 11) is 0. The second kappa shape index (κ2) is 12.3. The standard InChI is InChI=1S/C14H16N2S.2C2H6/c15-9-11-6-7-12(14(16)8-11)10-17-13-4-2-1-3-5-13;2*1-2/h1-8H,9-10,15-16H2;2*1-2H3. The fraction of sp³-hybridized carbons (Fsp3) is 0.333. The van der Waals surface area contributed by atoms with Crippen LogP contribution in [0.25, 0.3) is 0 Å². The summed E-state index contributed by atoms with van der Waals surface area (Å²) in [4.78, 5) is 1.26. The van der Waals surface area contributed by atoms with Crippen LogP contribution in [0.1, 0.15) is 38.8 Å². The highest BCUT2D eigenvalue weighted by Crippen LogP contribution is 2.25. The fourth-order valence-corrected chi connectivity index (χ4v) is 2.52. The lowest BCUT2D eigenvalue weighted by Gasteiger charge is -2.07. The zero-order valence-electron chi connectivity index (χ0n) is 13.6. The van der Waals surface area contributed by atoms with Gasteiger partial charge in [-0.1, -0.05) is 58.0 Å². The highest BCUT2D eigenvalue weighted by molar-refractivity contribution is 7.98. The number of nitrogens with two attached hydrogens (primary N) is 2. The Balaban J connectivity index is 0.000000921. The van der Waals surface area contributed by atoms with E-state index < -0.39 is 0 Å². The van der Waals surface area contributed by atoms with E-state index in [4.69, 9.17) is 11.5 Å². The molecule has 2 aromatic rings. The molecule has 0 saturated carbocycles. The van der Waals surface area contributed by atoms with Crippen LogP contribution in [0.15, 0.2) is 53.4 Å². The van der Waals surface area contributed by atoms with E-state index in [1.165, 1.54) is 4.90 Å². The van der Waals surface area contributed by atoms with Gasteiger partial charge in [0.05, 0.1) is 0 Å². The van der Waals surface area contributed by atoms with E-state index in [-0.39, 0.29) is 0 Å². The highest BCUT2D eigenvalue weighted by atomic mass is 32.2. The smallest absolute Gasteiger partial charge is 0.0358 e. The lowest BCUT2D eigenvalue weighted by molar-refractivity contribution is 1.07. The van der Waals surface area contributed by atoms with Gasteiger partial charge in [0.15, 0.2) is 0 Å². The average Bonchev–Trinajstić information content (AvgIpc) is 2.58. The summed E-state index contributed by atoms with van der Waals surface area (Å²) in [6.45, 7) is 8.54. The number of hydrogen-bond donors (Lipinski definition) is 2. The van der Waals surface area contributed by atoms with Crippen LogP contribution in [0.2, 0.25) is 0 Å². The summed E-state index contributed by atoms with van der Waals surface area (Å²) in [6.07, 6.45) is 0. The molecule has 116 valence electrons. The molecular formula is C18H28N2S. The summed E-state index contributed by atoms with van der Waals surface area (Å²) in [5, 5.41) is 0. The number of rotatable bonds is 4. The molecule has 0 spiro atoms. The van der Waals surface area contributed by atoms with Gasteiger partial charge in [-0.3, -0.25) is 0 Å². The average molecular weight is 305 g/mol. The Kier molecular flexibility index (Phi) is 11.5. The largest absolute Gasteiger partial charge is 0.398 e. The Morgan fingerprint density at radius 3 is 2.05 bits per heavy atom. The highest BCUT2D eigenvalue weighted by Gasteiger charge is 2.01. The van der Waals surface area contributed by atoms with E-state index in [1.807, 2.05) is 58.0 Å². The minimum atomic E-state index is 0.538. The number of benzene rings is 2. The zero-order chi connectivity index (χ0) is 16.1. The van der Waals surface area contributed by atoms with Crippen molar-refractivity contribution in [2.75, 3.05) is 5.73 Å². The quantitative estimate of drug-likeness (QED) is 0.612. The lowest BCUT2D eigenvalue weighted by atomic mass is 10.1. The Labute approximate surface area is 133 Å². The second-order valence-electron chi connectivity index (χ2n) is 3.84. The van der Waals surface area contributed by atoms with Crippen molar-refractivity contribution in [1.29, 1.82) is 0 Å². The third kappa shape index (κ3) is 7.21. The minimum Gasteiger partial charge on any atom is -0.398 e. The Bertz CT molecular complexity index is 484. The first kappa shape index (κ1) is 19.6. The van der Waals surface area contributed by atoms with Crippen molar-refractivity contribution in [2.45, 2.75) is 44.9 Å². The first-order valence-corrected chi connectivity index (χ1v) is 8.53. The molecule has 4 N–H and O–H groups in total. The van der Waals surface area contributed by atoms with Gasteiger partial charge in [-0.2, -0.15) is 0 Å². The maximum absolute atomic E-state index is 5.99. The first-order chi connectivity index (χ1) is 10.3. The molecule has 0 bridgehead atoms. The third-order valence-electron chi connectivity index (χ3n) is 2.58. The molecule has 0 unspecified atom stereocenters. The van der Waals surface area contributed by atoms with Crippen LogP contribution in [-0.2, 0) is 12.3 Å². The van der Waals surface area contributed by atoms with Gasteiger partial charge in [-0.25, -0.2) is 0 Å². The van der Waals surface area contributed by atoms with Gasteiger partial charge < -0.3 is 11.5 Å². The molecule has 3 heteroatoms. The van der Waals surface area contributed by atoms with E-state index in [0.29, 0.717) is 6.54 Å². The molecule has 2 aromatic carbocycles. The van der Waals surface area contributed by atoms with Crippen LogP contribution in [-0.4, -0.2) is 0 Å². The van der Waals surface area contributed by atoms with Gasteiger partial charge in [0.2, 0.25) is 0 Å². The van der Waals surface area contributed by atoms with E-state index >= 15 is 0 Å². The summed E-state index contributed by atoms with van der Waals surface area (Å²) in [6, 6.07) is 16.4. The summed E-state index contributed by atoms with van der Waals surface area (Å²) in [5.41, 5.74) is 14.6. The van der Waals surface area contributed by atoms with Gasteiger partial charge in [0.1, 0.15) is 0 Å². The van der Waals surface area contributed by atoms with E-state index in [0.717, 1.165) is 22.6 Å². The SMILES string of the molecule is CC.CC.NCc1ccc(CSc2ccccc2)c(N)c1. The normalized spacial score (nSPS) is 9.00. The predicted octanol–water partition coefficient (Wildman–Crippen LogP) is 5.07. The lowest BCUT2D eigenvalue weighted by Crippen LogP contribution is -1.99. The monoisotopic (exact) mass is 304 g/mol. The molecule has 0 aliphatic heterocycles. The molecule has 0 saturated heterocycles. The number of hydrogen-bond acceptors (Lipinski definition) is 3. The number of thioether (sulfide) groups is 1. The van der Waals surface area contributed by atoms with Gasteiger partial charge >= 0.3 is 0 Å². The molecule has 0 atom stereocenters. The Morgan fingerprint density at radius 2 is 1.52 bits per heavy atom. The summed E-state index contributed by atoms with van der Waals surface area (Å²) >= 11 is 1.79. The molecule has 0 heterocycles. The van der Waals surface area contributed by atoms with E-state index in [9.17, 15) is 0 Å². The molecule has 0 fully saturated rings. The molecule has 2 nitrogen and oxygen atoms in total. The molecule has 0 aromatic heterocycles. The molecule has 0 aliphatic rings. The topological polar surface area (TPSA) is 52.0 Å². The Hall–Kier alpha value is -1.45. The maximum atomic E-state index is 5.99. The second-order valence-corrected chi connectivity index (χ2v) is 4.89. The van der Waals surface area contributed by atoms with Crippen LogP contribution in [0.4, 0.5) is 5.69 Å². The van der Waals surface area contributed by atoms with Crippen molar-refractivity contribution >= 4 is 17.4 Å². The molecule has 21 heavy (non-hydrogen) atoms. The van der Waals surface area contributed by atoms with Gasteiger partial charge in [-0.15, -0.1) is 11.8 Å². The summed E-state index contributed by atoms with van der Waals surface area (Å²) in [5.74, 6) is 0.890. The molecule has 0 radical (unpaired) electrons. The van der Waals surface area contributed by atoms with Crippen molar-refractivity contribution in [1.82, 2.24) is 0 Å². The van der Waals surface area contributed by atoms with Gasteiger partial charge in [-0.05, 0) is 29.3 Å². The predicted molar refractivity (Wildman–Crippen MR) is 97.4 cm³/mol. The fourth-order valence-electron chi connectivity index (χ4n) is 1.58. The Morgan fingerprint density at radius 1 is 0.905 bits per heavy atom. The van der Waals surface area contributed by atoms with Crippen molar-refractivity contribution in [3.63, 3.8) is 0 Å². The van der Waals surface area contributed by atoms with Crippen LogP contribution in [0.5, 0.6) is 0 Å². The van der Waals surface area contributed by atoms with Crippen LogP contribution in [0.3, 0.4) is 0 Å².